The number of halogens is 1. The van der Waals surface area contributed by atoms with Crippen LogP contribution in [0, 0.1) is 24.6 Å². The Hall–Kier alpha value is -4.42. The summed E-state index contributed by atoms with van der Waals surface area (Å²) in [7, 11) is 0. The molecule has 9 heteroatoms. The molecule has 1 atom stereocenters. The van der Waals surface area contributed by atoms with Gasteiger partial charge in [-0.15, -0.1) is 0 Å². The molecule has 2 aliphatic heterocycles. The smallest absolute Gasteiger partial charge is 0.255 e. The van der Waals surface area contributed by atoms with Crippen LogP contribution in [-0.2, 0) is 16.0 Å². The number of hydrogen-bond donors (Lipinski definition) is 4. The Morgan fingerprint density at radius 2 is 2.22 bits per heavy atom. The Balaban J connectivity index is 1.62. The third-order valence-electron chi connectivity index (χ3n) is 6.59. The second-order valence-corrected chi connectivity index (χ2v) is 9.02. The van der Waals surface area contributed by atoms with E-state index in [1.165, 1.54) is 12.1 Å². The van der Waals surface area contributed by atoms with Crippen LogP contribution in [0.25, 0.3) is 11.3 Å². The minimum absolute atomic E-state index is 0.212. The molecule has 4 N–H and O–H groups in total. The van der Waals surface area contributed by atoms with Gasteiger partial charge < -0.3 is 25.7 Å². The van der Waals surface area contributed by atoms with Gasteiger partial charge in [-0.1, -0.05) is 24.5 Å². The number of fused-ring (bicyclic) bond motifs is 1. The molecule has 1 saturated heterocycles. The van der Waals surface area contributed by atoms with Gasteiger partial charge in [-0.05, 0) is 31.2 Å². The summed E-state index contributed by atoms with van der Waals surface area (Å²) >= 11 is 0. The molecule has 0 saturated carbocycles. The third kappa shape index (κ3) is 4.71. The van der Waals surface area contributed by atoms with Crippen LogP contribution in [0.3, 0.4) is 0 Å². The molecule has 0 spiro atoms. The molecular formula is C28H26FN5O3. The second kappa shape index (κ2) is 9.91. The van der Waals surface area contributed by atoms with E-state index < -0.39 is 5.54 Å². The molecule has 2 aliphatic rings. The van der Waals surface area contributed by atoms with E-state index >= 15 is 0 Å². The van der Waals surface area contributed by atoms with Crippen LogP contribution in [0.5, 0.6) is 0 Å². The lowest BCUT2D eigenvalue weighted by atomic mass is 9.97. The van der Waals surface area contributed by atoms with Gasteiger partial charge >= 0.3 is 0 Å². The van der Waals surface area contributed by atoms with Gasteiger partial charge in [0, 0.05) is 54.3 Å². The summed E-state index contributed by atoms with van der Waals surface area (Å²) in [6.07, 6.45) is 5.65. The van der Waals surface area contributed by atoms with E-state index in [2.05, 4.69) is 44.3 Å². The van der Waals surface area contributed by atoms with Gasteiger partial charge in [-0.3, -0.25) is 14.6 Å². The molecule has 2 aromatic heterocycles. The van der Waals surface area contributed by atoms with E-state index in [9.17, 15) is 14.0 Å². The van der Waals surface area contributed by atoms with Gasteiger partial charge in [-0.2, -0.15) is 0 Å². The fourth-order valence-electron chi connectivity index (χ4n) is 4.56. The Labute approximate surface area is 213 Å². The molecule has 0 unspecified atom stereocenters. The van der Waals surface area contributed by atoms with E-state index in [-0.39, 0.29) is 24.2 Å². The van der Waals surface area contributed by atoms with Gasteiger partial charge in [0.15, 0.2) is 0 Å². The number of carbonyl (C=O) groups is 2. The molecule has 4 heterocycles. The monoisotopic (exact) mass is 499 g/mol. The van der Waals surface area contributed by atoms with Gasteiger partial charge in [0.25, 0.3) is 5.91 Å². The maximum atomic E-state index is 14.3. The number of aromatic amines is 1. The van der Waals surface area contributed by atoms with Gasteiger partial charge in [-0.25, -0.2) is 4.39 Å². The minimum atomic E-state index is -0.840. The molecule has 1 fully saturated rings. The van der Waals surface area contributed by atoms with Crippen molar-refractivity contribution in [1.82, 2.24) is 20.6 Å². The first kappa shape index (κ1) is 24.3. The highest BCUT2D eigenvalue weighted by Crippen LogP contribution is 2.38. The zero-order valence-corrected chi connectivity index (χ0v) is 20.3. The maximum Gasteiger partial charge on any atom is 0.255 e. The summed E-state index contributed by atoms with van der Waals surface area (Å²) in [4.78, 5) is 32.6. The Morgan fingerprint density at radius 1 is 1.35 bits per heavy atom. The van der Waals surface area contributed by atoms with Crippen molar-refractivity contribution in [3.63, 3.8) is 0 Å². The molecule has 37 heavy (non-hydrogen) atoms. The van der Waals surface area contributed by atoms with Crippen LogP contribution in [0.2, 0.25) is 0 Å². The van der Waals surface area contributed by atoms with E-state index in [1.54, 1.807) is 31.5 Å². The number of carbonyl (C=O) groups excluding carboxylic acids is 2. The highest BCUT2D eigenvalue weighted by molar-refractivity contribution is 6.06. The van der Waals surface area contributed by atoms with Crippen LogP contribution in [0.15, 0.2) is 49.3 Å². The van der Waals surface area contributed by atoms with Crippen LogP contribution < -0.4 is 16.0 Å². The van der Waals surface area contributed by atoms with Gasteiger partial charge in [0.1, 0.15) is 11.4 Å². The lowest BCUT2D eigenvalue weighted by Crippen LogP contribution is -2.47. The predicted octanol–water partition coefficient (Wildman–Crippen LogP) is 3.37. The quantitative estimate of drug-likeness (QED) is 0.318. The number of pyridine rings is 1. The number of benzene rings is 1. The zero-order chi connectivity index (χ0) is 26.0. The number of hydrogen-bond acceptors (Lipinski definition) is 5. The lowest BCUT2D eigenvalue weighted by Gasteiger charge is -2.21. The zero-order valence-electron chi connectivity index (χ0n) is 20.3. The molecule has 1 aromatic carbocycles. The third-order valence-corrected chi connectivity index (χ3v) is 6.59. The van der Waals surface area contributed by atoms with Crippen molar-refractivity contribution in [1.29, 1.82) is 0 Å². The van der Waals surface area contributed by atoms with Crippen molar-refractivity contribution < 1.29 is 18.7 Å². The summed E-state index contributed by atoms with van der Waals surface area (Å²) in [6, 6.07) is 6.59. The molecule has 0 radical (unpaired) electrons. The molecule has 5 rings (SSSR count). The fourth-order valence-corrected chi connectivity index (χ4v) is 4.56. The van der Waals surface area contributed by atoms with Crippen molar-refractivity contribution in [3.8, 4) is 23.1 Å². The number of rotatable bonds is 5. The van der Waals surface area contributed by atoms with Crippen LogP contribution in [-0.4, -0.2) is 47.1 Å². The molecule has 0 aliphatic carbocycles. The van der Waals surface area contributed by atoms with Gasteiger partial charge in [0.05, 0.1) is 35.7 Å². The van der Waals surface area contributed by atoms with E-state index in [1.807, 2.05) is 6.07 Å². The summed E-state index contributed by atoms with van der Waals surface area (Å²) in [5.74, 6) is 5.48. The Kier molecular flexibility index (Phi) is 6.51. The molecule has 0 bridgehead atoms. The van der Waals surface area contributed by atoms with Crippen molar-refractivity contribution in [2.24, 2.45) is 0 Å². The number of amides is 2. The number of nitrogens with one attached hydrogen (secondary N) is 4. The molecule has 188 valence electrons. The Bertz CT molecular complexity index is 1460. The second-order valence-electron chi connectivity index (χ2n) is 9.02. The average Bonchev–Trinajstić information content (AvgIpc) is 3.51. The topological polar surface area (TPSA) is 108 Å². The highest BCUT2D eigenvalue weighted by atomic mass is 19.1. The number of aromatic nitrogens is 2. The van der Waals surface area contributed by atoms with E-state index in [0.29, 0.717) is 65.3 Å². The van der Waals surface area contributed by atoms with E-state index in [0.717, 1.165) is 5.69 Å². The maximum absolute atomic E-state index is 14.3. The molecular weight excluding hydrogens is 473 g/mol. The normalized spacial score (nSPS) is 18.3. The van der Waals surface area contributed by atoms with Gasteiger partial charge in [0.2, 0.25) is 5.91 Å². The van der Waals surface area contributed by atoms with Crippen molar-refractivity contribution in [3.05, 3.63) is 77.5 Å². The summed E-state index contributed by atoms with van der Waals surface area (Å²) in [5, 5.41) is 9.07. The largest absolute Gasteiger partial charge is 0.378 e. The summed E-state index contributed by atoms with van der Waals surface area (Å²) < 4.78 is 19.8. The van der Waals surface area contributed by atoms with Crippen LogP contribution in [0.1, 0.15) is 33.6 Å². The molecule has 2 amide bonds. The number of H-pyrrole nitrogens is 1. The highest BCUT2D eigenvalue weighted by Gasteiger charge is 2.34. The minimum Gasteiger partial charge on any atom is -0.378 e. The van der Waals surface area contributed by atoms with Crippen molar-refractivity contribution in [2.45, 2.75) is 25.3 Å². The van der Waals surface area contributed by atoms with Crippen molar-refractivity contribution >= 4 is 23.2 Å². The van der Waals surface area contributed by atoms with Crippen molar-refractivity contribution in [2.75, 3.05) is 25.1 Å². The van der Waals surface area contributed by atoms with Crippen LogP contribution >= 0.6 is 0 Å². The number of ether oxygens (including phenoxy) is 1. The molecule has 3 aromatic rings. The summed E-state index contributed by atoms with van der Waals surface area (Å²) in [5.41, 5.74) is 3.91. The fraction of sp³-hybridized carbons (Fsp3) is 0.250. The first-order valence-electron chi connectivity index (χ1n) is 12.0. The first-order chi connectivity index (χ1) is 17.9. The standard InChI is InChI=1S/C28H26FN5O3/c1-3-23(35)34-28(11-14-37-16-28)10-7-18-15-30-12-8-19(18)25-26(24-22(33-25)9-13-31-27(24)36)32-21-6-4-5-20(29)17(21)2/h3-6,8,12,15,32-33H,1,9,11,13-14,16H2,2H3,(H,31,36)(H,34,35)/t28-/m0/s1. The Morgan fingerprint density at radius 3 is 3.00 bits per heavy atom. The number of anilines is 2. The van der Waals surface area contributed by atoms with Crippen LogP contribution in [0.4, 0.5) is 15.8 Å². The average molecular weight is 500 g/mol. The SMILES string of the molecule is C=CC(=O)N[C@@]1(C#Cc2cnccc2-c2[nH]c3c(c2Nc2cccc(F)c2C)C(=O)NCC3)CCOC1. The molecule has 8 nitrogen and oxygen atoms in total. The number of nitrogens with zero attached hydrogens (tertiary/aromatic N) is 1. The first-order valence-corrected chi connectivity index (χ1v) is 12.0. The van der Waals surface area contributed by atoms with E-state index in [4.69, 9.17) is 4.74 Å². The summed E-state index contributed by atoms with van der Waals surface area (Å²) in [6.45, 7) is 6.45. The predicted molar refractivity (Wildman–Crippen MR) is 138 cm³/mol. The lowest BCUT2D eigenvalue weighted by molar-refractivity contribution is -0.117.